The average Bonchev–Trinajstić information content (AvgIpc) is 2.53. The van der Waals surface area contributed by atoms with Gasteiger partial charge < -0.3 is 4.89 Å². The monoisotopic (exact) mass is 347 g/mol. The SMILES string of the molecule is CC(C)N(C(C)C)P(=O)(O)OC(c1ccccc1)c1ccccc1. The fourth-order valence-electron chi connectivity index (χ4n) is 2.94. The van der Waals surface area contributed by atoms with Crippen LogP contribution in [0.1, 0.15) is 44.9 Å². The molecule has 1 N–H and O–H groups in total. The molecule has 5 heteroatoms. The Kier molecular flexibility index (Phi) is 6.36. The topological polar surface area (TPSA) is 49.8 Å². The molecule has 0 aliphatic carbocycles. The summed E-state index contributed by atoms with van der Waals surface area (Å²) in [5.74, 6) is 0. The van der Waals surface area contributed by atoms with Gasteiger partial charge in [-0.3, -0.25) is 4.52 Å². The van der Waals surface area contributed by atoms with Crippen LogP contribution in [0.2, 0.25) is 0 Å². The van der Waals surface area contributed by atoms with Gasteiger partial charge in [-0.15, -0.1) is 0 Å². The molecule has 0 amide bonds. The maximum absolute atomic E-state index is 13.0. The van der Waals surface area contributed by atoms with Crippen LogP contribution in [0.3, 0.4) is 0 Å². The molecule has 2 aromatic rings. The fraction of sp³-hybridized carbons (Fsp3) is 0.368. The van der Waals surface area contributed by atoms with Crippen molar-refractivity contribution in [3.8, 4) is 0 Å². The first-order chi connectivity index (χ1) is 11.3. The van der Waals surface area contributed by atoms with Crippen LogP contribution in [0, 0.1) is 0 Å². The molecule has 0 saturated heterocycles. The Labute approximate surface area is 144 Å². The van der Waals surface area contributed by atoms with Crippen molar-refractivity contribution in [3.63, 3.8) is 0 Å². The summed E-state index contributed by atoms with van der Waals surface area (Å²) in [6, 6.07) is 18.9. The Morgan fingerprint density at radius 3 is 1.54 bits per heavy atom. The van der Waals surface area contributed by atoms with Gasteiger partial charge in [0.2, 0.25) is 0 Å². The lowest BCUT2D eigenvalue weighted by atomic mass is 10.0. The highest BCUT2D eigenvalue weighted by Gasteiger charge is 2.37. The van der Waals surface area contributed by atoms with Crippen molar-refractivity contribution in [3.05, 3.63) is 71.8 Å². The lowest BCUT2D eigenvalue weighted by Gasteiger charge is -2.35. The number of nitrogens with zero attached hydrogens (tertiary/aromatic N) is 1. The quantitative estimate of drug-likeness (QED) is 0.715. The molecular formula is C19H26NO3P. The zero-order valence-electron chi connectivity index (χ0n) is 14.7. The van der Waals surface area contributed by atoms with E-state index in [1.807, 2.05) is 88.4 Å². The van der Waals surface area contributed by atoms with E-state index in [9.17, 15) is 9.46 Å². The molecule has 130 valence electrons. The highest BCUT2D eigenvalue weighted by Crippen LogP contribution is 2.53. The van der Waals surface area contributed by atoms with Gasteiger partial charge in [0.1, 0.15) is 6.10 Å². The minimum atomic E-state index is -3.97. The van der Waals surface area contributed by atoms with E-state index in [1.54, 1.807) is 0 Å². The average molecular weight is 347 g/mol. The molecule has 0 aliphatic rings. The smallest absolute Gasteiger partial charge is 0.312 e. The lowest BCUT2D eigenvalue weighted by molar-refractivity contribution is 0.139. The Balaban J connectivity index is 2.40. The zero-order chi connectivity index (χ0) is 17.7. The van der Waals surface area contributed by atoms with Gasteiger partial charge in [-0.2, -0.15) is 0 Å². The number of rotatable bonds is 7. The van der Waals surface area contributed by atoms with E-state index in [-0.39, 0.29) is 12.1 Å². The molecule has 0 radical (unpaired) electrons. The fourth-order valence-corrected chi connectivity index (χ4v) is 4.74. The summed E-state index contributed by atoms with van der Waals surface area (Å²) in [4.78, 5) is 10.7. The van der Waals surface area contributed by atoms with Gasteiger partial charge in [-0.1, -0.05) is 60.7 Å². The Bertz CT molecular complexity index is 626. The molecule has 1 atom stereocenters. The molecule has 0 aliphatic heterocycles. The third-order valence-electron chi connectivity index (χ3n) is 3.80. The van der Waals surface area contributed by atoms with Crippen molar-refractivity contribution in [1.82, 2.24) is 4.67 Å². The van der Waals surface area contributed by atoms with Crippen molar-refractivity contribution >= 4 is 7.75 Å². The van der Waals surface area contributed by atoms with Gasteiger partial charge in [-0.05, 0) is 38.8 Å². The second-order valence-electron chi connectivity index (χ2n) is 6.36. The molecule has 0 fully saturated rings. The molecule has 0 bridgehead atoms. The maximum atomic E-state index is 13.0. The molecule has 0 heterocycles. The van der Waals surface area contributed by atoms with Gasteiger partial charge >= 0.3 is 7.75 Å². The third-order valence-corrected chi connectivity index (χ3v) is 5.79. The van der Waals surface area contributed by atoms with Crippen molar-refractivity contribution in [2.45, 2.75) is 45.9 Å². The first-order valence-corrected chi connectivity index (χ1v) is 9.76. The molecule has 0 aromatic heterocycles. The summed E-state index contributed by atoms with van der Waals surface area (Å²) >= 11 is 0. The van der Waals surface area contributed by atoms with Crippen LogP contribution in [-0.2, 0) is 9.09 Å². The minimum absolute atomic E-state index is 0.104. The summed E-state index contributed by atoms with van der Waals surface area (Å²) in [7, 11) is -3.97. The van der Waals surface area contributed by atoms with Crippen LogP contribution in [0.5, 0.6) is 0 Å². The number of hydrogen-bond acceptors (Lipinski definition) is 2. The standard InChI is InChI=1S/C19H26NO3P/c1-15(2)20(16(3)4)24(21,22)23-19(17-11-7-5-8-12-17)18-13-9-6-10-14-18/h5-16,19H,1-4H3,(H,21,22). The maximum Gasteiger partial charge on any atom is 0.406 e. The summed E-state index contributed by atoms with van der Waals surface area (Å²) in [5.41, 5.74) is 1.70. The predicted octanol–water partition coefficient (Wildman–Crippen LogP) is 5.01. The van der Waals surface area contributed by atoms with E-state index in [4.69, 9.17) is 4.52 Å². The van der Waals surface area contributed by atoms with Gasteiger partial charge in [0.05, 0.1) is 0 Å². The first kappa shape index (κ1) is 18.9. The highest BCUT2D eigenvalue weighted by molar-refractivity contribution is 7.50. The number of benzene rings is 2. The molecular weight excluding hydrogens is 321 g/mol. The molecule has 1 unspecified atom stereocenters. The Hall–Kier alpha value is -1.45. The predicted molar refractivity (Wildman–Crippen MR) is 97.7 cm³/mol. The third kappa shape index (κ3) is 4.55. The van der Waals surface area contributed by atoms with Crippen molar-refractivity contribution < 1.29 is 14.0 Å². The van der Waals surface area contributed by atoms with Crippen LogP contribution < -0.4 is 0 Å². The summed E-state index contributed by atoms with van der Waals surface area (Å²) in [6.45, 7) is 7.58. The molecule has 0 saturated carbocycles. The summed E-state index contributed by atoms with van der Waals surface area (Å²) < 4.78 is 20.4. The van der Waals surface area contributed by atoms with E-state index < -0.39 is 13.9 Å². The van der Waals surface area contributed by atoms with Crippen LogP contribution in [-0.4, -0.2) is 21.6 Å². The van der Waals surface area contributed by atoms with Crippen LogP contribution in [0.25, 0.3) is 0 Å². The Morgan fingerprint density at radius 1 is 0.833 bits per heavy atom. The van der Waals surface area contributed by atoms with Gasteiger partial charge in [0.15, 0.2) is 0 Å². The van der Waals surface area contributed by atoms with Crippen molar-refractivity contribution in [2.24, 2.45) is 0 Å². The summed E-state index contributed by atoms with van der Waals surface area (Å²) in [5, 5.41) is 0. The van der Waals surface area contributed by atoms with Gasteiger partial charge in [0.25, 0.3) is 0 Å². The van der Waals surface area contributed by atoms with Crippen LogP contribution >= 0.6 is 7.75 Å². The molecule has 24 heavy (non-hydrogen) atoms. The first-order valence-electron chi connectivity index (χ1n) is 8.23. The number of hydrogen-bond donors (Lipinski definition) is 1. The van der Waals surface area contributed by atoms with E-state index in [0.29, 0.717) is 0 Å². The molecule has 4 nitrogen and oxygen atoms in total. The second-order valence-corrected chi connectivity index (χ2v) is 8.02. The normalized spacial score (nSPS) is 14.5. The summed E-state index contributed by atoms with van der Waals surface area (Å²) in [6.07, 6.45) is -0.594. The van der Waals surface area contributed by atoms with E-state index in [1.165, 1.54) is 4.67 Å². The molecule has 0 spiro atoms. The van der Waals surface area contributed by atoms with E-state index >= 15 is 0 Å². The van der Waals surface area contributed by atoms with Crippen LogP contribution in [0.15, 0.2) is 60.7 Å². The molecule has 2 aromatic carbocycles. The largest absolute Gasteiger partial charge is 0.406 e. The van der Waals surface area contributed by atoms with E-state index in [2.05, 4.69) is 0 Å². The molecule has 2 rings (SSSR count). The zero-order valence-corrected chi connectivity index (χ0v) is 15.6. The van der Waals surface area contributed by atoms with Crippen LogP contribution in [0.4, 0.5) is 0 Å². The van der Waals surface area contributed by atoms with Gasteiger partial charge in [0, 0.05) is 12.1 Å². The van der Waals surface area contributed by atoms with Crippen molar-refractivity contribution in [1.29, 1.82) is 0 Å². The second kappa shape index (κ2) is 8.09. The lowest BCUT2D eigenvalue weighted by Crippen LogP contribution is -2.35. The minimum Gasteiger partial charge on any atom is -0.312 e. The van der Waals surface area contributed by atoms with Crippen molar-refractivity contribution in [2.75, 3.05) is 0 Å². The van der Waals surface area contributed by atoms with Gasteiger partial charge in [-0.25, -0.2) is 9.24 Å². The highest BCUT2D eigenvalue weighted by atomic mass is 31.2. The van der Waals surface area contributed by atoms with E-state index in [0.717, 1.165) is 11.1 Å². The Morgan fingerprint density at radius 2 is 1.21 bits per heavy atom.